The van der Waals surface area contributed by atoms with Gasteiger partial charge in [0.25, 0.3) is 5.91 Å². The van der Waals surface area contributed by atoms with Crippen LogP contribution in [0.15, 0.2) is 115 Å². The Morgan fingerprint density at radius 2 is 1.49 bits per heavy atom. The van der Waals surface area contributed by atoms with Crippen molar-refractivity contribution in [2.75, 3.05) is 16.0 Å². The summed E-state index contributed by atoms with van der Waals surface area (Å²) in [5, 5.41) is 23.8. The van der Waals surface area contributed by atoms with Gasteiger partial charge in [-0.2, -0.15) is 4.73 Å². The third-order valence-electron chi connectivity index (χ3n) is 10.3. The number of aromatic nitrogens is 1. The molecule has 2 amide bonds. The second kappa shape index (κ2) is 11.7. The summed E-state index contributed by atoms with van der Waals surface area (Å²) in [6.07, 6.45) is 7.72. The summed E-state index contributed by atoms with van der Waals surface area (Å²) in [5.74, 6) is -0.989. The summed E-state index contributed by atoms with van der Waals surface area (Å²) in [5.41, 5.74) is 9.58. The number of hydrogen-bond acceptors (Lipinski definition) is 5. The number of pyridine rings is 1. The monoisotopic (exact) mass is 643 g/mol. The van der Waals surface area contributed by atoms with E-state index in [4.69, 9.17) is 0 Å². The predicted octanol–water partition coefficient (Wildman–Crippen LogP) is 6.74. The molecule has 9 rings (SSSR count). The van der Waals surface area contributed by atoms with Crippen molar-refractivity contribution in [3.8, 4) is 11.3 Å². The van der Waals surface area contributed by atoms with Gasteiger partial charge in [0.05, 0.1) is 17.6 Å². The van der Waals surface area contributed by atoms with E-state index in [9.17, 15) is 14.8 Å². The van der Waals surface area contributed by atoms with Crippen molar-refractivity contribution in [1.29, 1.82) is 0 Å². The number of benzene rings is 4. The number of rotatable bonds is 4. The molecule has 5 heterocycles. The van der Waals surface area contributed by atoms with Gasteiger partial charge in [0.1, 0.15) is 12.6 Å². The Labute approximate surface area is 284 Å². The largest absolute Gasteiger partial charge is 0.618 e. The maximum atomic E-state index is 14.7. The summed E-state index contributed by atoms with van der Waals surface area (Å²) < 4.78 is 0.889. The van der Waals surface area contributed by atoms with Crippen LogP contribution in [0.25, 0.3) is 17.3 Å². The highest BCUT2D eigenvalue weighted by Crippen LogP contribution is 2.47. The number of amides is 2. The average molecular weight is 644 g/mol. The van der Waals surface area contributed by atoms with Crippen LogP contribution < -0.4 is 20.7 Å². The molecule has 0 bridgehead atoms. The van der Waals surface area contributed by atoms with Gasteiger partial charge < -0.3 is 26.1 Å². The minimum absolute atomic E-state index is 0.187. The number of nitrogens with one attached hydrogen (secondary N) is 3. The molecular weight excluding hydrogens is 610 g/mol. The Balaban J connectivity index is 1.23. The van der Waals surface area contributed by atoms with Crippen molar-refractivity contribution in [3.63, 3.8) is 0 Å². The van der Waals surface area contributed by atoms with Gasteiger partial charge in [0.2, 0.25) is 11.6 Å². The minimum Gasteiger partial charge on any atom is -0.618 e. The molecule has 1 aromatic heterocycles. The molecule has 0 fully saturated rings. The molecule has 4 unspecified atom stereocenters. The Kier molecular flexibility index (Phi) is 6.97. The summed E-state index contributed by atoms with van der Waals surface area (Å²) in [6.45, 7) is 3.58. The third kappa shape index (κ3) is 4.94. The quantitative estimate of drug-likeness (QED) is 0.149. The Hall–Kier alpha value is -5.89. The van der Waals surface area contributed by atoms with Crippen LogP contribution in [0.4, 0.5) is 17.1 Å². The van der Waals surface area contributed by atoms with Crippen molar-refractivity contribution >= 4 is 35.0 Å². The summed E-state index contributed by atoms with van der Waals surface area (Å²) >= 11 is 0. The predicted molar refractivity (Wildman–Crippen MR) is 190 cm³/mol. The van der Waals surface area contributed by atoms with Crippen LogP contribution in [0.3, 0.4) is 0 Å². The van der Waals surface area contributed by atoms with Gasteiger partial charge in [0, 0.05) is 47.1 Å². The SMILES string of the molecule is O=C1Nc2ccccc2CC1N1[C]C(C2C=Cc3ccccc3N2)c2c(ccc(-c3cccc[n+]3[O-])c2C2CCc3ccccc3N2)C1=O. The van der Waals surface area contributed by atoms with Gasteiger partial charge in [-0.3, -0.25) is 9.59 Å². The number of para-hydroxylation sites is 3. The fourth-order valence-electron chi connectivity index (χ4n) is 7.89. The van der Waals surface area contributed by atoms with E-state index in [1.807, 2.05) is 78.9 Å². The van der Waals surface area contributed by atoms with E-state index in [2.05, 4.69) is 52.8 Å². The smallest absolute Gasteiger partial charge is 0.255 e. The number of fused-ring (bicyclic) bond motifs is 4. The topological polar surface area (TPSA) is 100 Å². The highest BCUT2D eigenvalue weighted by molar-refractivity contribution is 6.05. The summed E-state index contributed by atoms with van der Waals surface area (Å²) in [6, 6.07) is 32.0. The van der Waals surface area contributed by atoms with E-state index >= 15 is 0 Å². The molecule has 4 aliphatic heterocycles. The Morgan fingerprint density at radius 3 is 2.35 bits per heavy atom. The first-order chi connectivity index (χ1) is 24.0. The van der Waals surface area contributed by atoms with Crippen molar-refractivity contribution in [1.82, 2.24) is 4.90 Å². The molecule has 3 N–H and O–H groups in total. The van der Waals surface area contributed by atoms with E-state index in [-0.39, 0.29) is 23.9 Å². The van der Waals surface area contributed by atoms with Gasteiger partial charge in [-0.05, 0) is 77.1 Å². The van der Waals surface area contributed by atoms with Gasteiger partial charge in [-0.1, -0.05) is 66.7 Å². The highest BCUT2D eigenvalue weighted by Gasteiger charge is 2.46. The van der Waals surface area contributed by atoms with Crippen LogP contribution in [0.1, 0.15) is 56.6 Å². The fraction of sp³-hybridized carbons (Fsp3) is 0.171. The second-order valence-electron chi connectivity index (χ2n) is 13.1. The molecule has 8 nitrogen and oxygen atoms in total. The number of anilines is 3. The highest BCUT2D eigenvalue weighted by atomic mass is 16.5. The molecule has 240 valence electrons. The third-order valence-corrected chi connectivity index (χ3v) is 10.3. The first-order valence-corrected chi connectivity index (χ1v) is 16.8. The normalized spacial score (nSPS) is 22.1. The van der Waals surface area contributed by atoms with Crippen molar-refractivity contribution < 1.29 is 14.3 Å². The van der Waals surface area contributed by atoms with Gasteiger partial charge in [0.15, 0.2) is 6.20 Å². The zero-order valence-electron chi connectivity index (χ0n) is 26.6. The molecule has 0 aliphatic carbocycles. The zero-order chi connectivity index (χ0) is 33.1. The van der Waals surface area contributed by atoms with Crippen LogP contribution in [-0.2, 0) is 17.6 Å². The number of carbonyl (C=O) groups excluding carboxylic acids is 2. The second-order valence-corrected chi connectivity index (χ2v) is 13.1. The molecule has 5 aromatic rings. The molecule has 0 saturated heterocycles. The van der Waals surface area contributed by atoms with Crippen LogP contribution >= 0.6 is 0 Å². The maximum absolute atomic E-state index is 14.7. The molecular formula is C41H33N5O3. The average Bonchev–Trinajstić information content (AvgIpc) is 3.14. The molecule has 2 radical (unpaired) electrons. The van der Waals surface area contributed by atoms with E-state index < -0.39 is 12.0 Å². The van der Waals surface area contributed by atoms with Gasteiger partial charge in [-0.15, -0.1) is 0 Å². The van der Waals surface area contributed by atoms with E-state index in [1.165, 1.54) is 16.7 Å². The van der Waals surface area contributed by atoms with Crippen LogP contribution in [0, 0.1) is 11.8 Å². The molecule has 4 aromatic carbocycles. The van der Waals surface area contributed by atoms with Crippen LogP contribution in [0.2, 0.25) is 0 Å². The first kappa shape index (κ1) is 29.3. The number of aryl methyl sites for hydroxylation is 1. The van der Waals surface area contributed by atoms with Gasteiger partial charge in [-0.25, -0.2) is 0 Å². The van der Waals surface area contributed by atoms with E-state index in [1.54, 1.807) is 6.07 Å². The first-order valence-electron chi connectivity index (χ1n) is 16.8. The maximum Gasteiger partial charge on any atom is 0.255 e. The lowest BCUT2D eigenvalue weighted by atomic mass is 9.74. The van der Waals surface area contributed by atoms with Crippen LogP contribution in [-0.4, -0.2) is 28.8 Å². The van der Waals surface area contributed by atoms with E-state index in [0.717, 1.165) is 62.5 Å². The molecule has 4 aliphatic rings. The standard InChI is InChI=1S/C41H33N5O3/c47-40-37(23-27-11-3-6-14-33(27)44-40)45-24-30(34-20-16-25-9-1-4-12-31(25)42-34)38-29(41(45)48)19-18-28(36-15-7-8-22-46(36)49)39(38)35-21-17-26-10-2-5-13-32(26)43-35/h1-16,18-20,22,30,34-35,37,42-43H,17,21,23H2,(H,44,47). The lowest BCUT2D eigenvalue weighted by Crippen LogP contribution is -2.53. The molecule has 0 spiro atoms. The van der Waals surface area contributed by atoms with Gasteiger partial charge >= 0.3 is 0 Å². The van der Waals surface area contributed by atoms with E-state index in [0.29, 0.717) is 17.7 Å². The lowest BCUT2D eigenvalue weighted by Gasteiger charge is -2.43. The van der Waals surface area contributed by atoms with Crippen molar-refractivity contribution in [2.24, 2.45) is 0 Å². The van der Waals surface area contributed by atoms with Crippen molar-refractivity contribution in [3.05, 3.63) is 161 Å². The zero-order valence-corrected chi connectivity index (χ0v) is 26.6. The Morgan fingerprint density at radius 1 is 0.755 bits per heavy atom. The number of hydrogen-bond donors (Lipinski definition) is 3. The molecule has 8 heteroatoms. The summed E-state index contributed by atoms with van der Waals surface area (Å²) in [4.78, 5) is 29.9. The lowest BCUT2D eigenvalue weighted by molar-refractivity contribution is -0.593. The van der Waals surface area contributed by atoms with Crippen LogP contribution in [0.5, 0.6) is 0 Å². The summed E-state index contributed by atoms with van der Waals surface area (Å²) in [7, 11) is 0. The number of nitrogens with zero attached hydrogens (tertiary/aromatic N) is 2. The molecule has 49 heavy (non-hydrogen) atoms. The van der Waals surface area contributed by atoms with Crippen molar-refractivity contribution in [2.45, 2.75) is 43.3 Å². The minimum atomic E-state index is -0.765. The Bertz CT molecular complexity index is 2180. The molecule has 0 saturated carbocycles. The molecule has 4 atom stereocenters. The fourth-order valence-corrected chi connectivity index (χ4v) is 7.89. The number of carbonyl (C=O) groups is 2.